The van der Waals surface area contributed by atoms with Crippen molar-refractivity contribution in [3.63, 3.8) is 0 Å². The van der Waals surface area contributed by atoms with Gasteiger partial charge in [0.15, 0.2) is 0 Å². The van der Waals surface area contributed by atoms with Crippen LogP contribution in [0.5, 0.6) is 11.5 Å². The molecule has 0 saturated heterocycles. The average molecular weight is 258 g/mol. The number of fused-ring (bicyclic) bond motifs is 1. The van der Waals surface area contributed by atoms with Crippen LogP contribution in [0.3, 0.4) is 0 Å². The maximum Gasteiger partial charge on any atom is 0.146 e. The van der Waals surface area contributed by atoms with Crippen molar-refractivity contribution in [1.29, 1.82) is 0 Å². The first-order valence-corrected chi connectivity index (χ1v) is 5.81. The van der Waals surface area contributed by atoms with E-state index in [1.807, 2.05) is 0 Å². The minimum Gasteiger partial charge on any atom is -0.508 e. The van der Waals surface area contributed by atoms with Gasteiger partial charge in [-0.3, -0.25) is 0 Å². The van der Waals surface area contributed by atoms with Crippen LogP contribution < -0.4 is 4.74 Å². The van der Waals surface area contributed by atoms with Crippen molar-refractivity contribution in [2.45, 2.75) is 6.61 Å². The number of ether oxygens (including phenoxy) is 1. The van der Waals surface area contributed by atoms with Gasteiger partial charge in [-0.1, -0.05) is 6.07 Å². The lowest BCUT2D eigenvalue weighted by Gasteiger charge is -2.03. The van der Waals surface area contributed by atoms with Gasteiger partial charge in [-0.05, 0) is 42.5 Å². The SMILES string of the molecule is Oc1ccc(OCc2cc3c(F)cccc3o2)cc1. The molecule has 0 aliphatic rings. The summed E-state index contributed by atoms with van der Waals surface area (Å²) in [5.41, 5.74) is 0.504. The van der Waals surface area contributed by atoms with Crippen molar-refractivity contribution in [2.24, 2.45) is 0 Å². The highest BCUT2D eigenvalue weighted by atomic mass is 19.1. The fourth-order valence-electron chi connectivity index (χ4n) is 1.85. The average Bonchev–Trinajstić information content (AvgIpc) is 2.83. The van der Waals surface area contributed by atoms with E-state index in [1.54, 1.807) is 30.3 Å². The highest BCUT2D eigenvalue weighted by Gasteiger charge is 2.08. The third-order valence-corrected chi connectivity index (χ3v) is 2.78. The Labute approximate surface area is 108 Å². The Morgan fingerprint density at radius 3 is 2.63 bits per heavy atom. The summed E-state index contributed by atoms with van der Waals surface area (Å²) in [6.07, 6.45) is 0. The molecule has 0 atom stereocenters. The number of benzene rings is 2. The van der Waals surface area contributed by atoms with E-state index in [4.69, 9.17) is 14.3 Å². The zero-order valence-corrected chi connectivity index (χ0v) is 9.97. The van der Waals surface area contributed by atoms with Crippen LogP contribution in [0, 0.1) is 5.82 Å². The first-order chi connectivity index (χ1) is 9.22. The molecular formula is C15H11FO3. The highest BCUT2D eigenvalue weighted by Crippen LogP contribution is 2.23. The standard InChI is InChI=1S/C15H11FO3/c16-14-2-1-3-15-13(14)8-12(19-15)9-18-11-6-4-10(17)5-7-11/h1-8,17H,9H2. The predicted molar refractivity (Wildman–Crippen MR) is 68.6 cm³/mol. The summed E-state index contributed by atoms with van der Waals surface area (Å²) >= 11 is 0. The Morgan fingerprint density at radius 1 is 1.11 bits per heavy atom. The monoisotopic (exact) mass is 258 g/mol. The van der Waals surface area contributed by atoms with Crippen LogP contribution in [0.25, 0.3) is 11.0 Å². The first kappa shape index (κ1) is 11.6. The van der Waals surface area contributed by atoms with Crippen LogP contribution in [0.4, 0.5) is 4.39 Å². The van der Waals surface area contributed by atoms with Crippen LogP contribution in [-0.4, -0.2) is 5.11 Å². The Hall–Kier alpha value is -2.49. The van der Waals surface area contributed by atoms with Crippen molar-refractivity contribution in [1.82, 2.24) is 0 Å². The summed E-state index contributed by atoms with van der Waals surface area (Å²) in [6, 6.07) is 12.7. The molecule has 3 rings (SSSR count). The van der Waals surface area contributed by atoms with E-state index in [-0.39, 0.29) is 18.2 Å². The van der Waals surface area contributed by atoms with E-state index < -0.39 is 0 Å². The van der Waals surface area contributed by atoms with E-state index in [1.165, 1.54) is 18.2 Å². The first-order valence-electron chi connectivity index (χ1n) is 5.81. The highest BCUT2D eigenvalue weighted by molar-refractivity contribution is 5.78. The number of phenolic OH excluding ortho intramolecular Hbond substituents is 1. The number of rotatable bonds is 3. The van der Waals surface area contributed by atoms with E-state index in [9.17, 15) is 4.39 Å². The van der Waals surface area contributed by atoms with Crippen LogP contribution in [-0.2, 0) is 6.61 Å². The van der Waals surface area contributed by atoms with Gasteiger partial charge in [0.2, 0.25) is 0 Å². The van der Waals surface area contributed by atoms with Gasteiger partial charge in [-0.15, -0.1) is 0 Å². The molecule has 0 aliphatic heterocycles. The van der Waals surface area contributed by atoms with Gasteiger partial charge in [0.25, 0.3) is 0 Å². The molecule has 0 aliphatic carbocycles. The van der Waals surface area contributed by atoms with Crippen molar-refractivity contribution >= 4 is 11.0 Å². The second kappa shape index (κ2) is 4.65. The van der Waals surface area contributed by atoms with Crippen LogP contribution in [0.2, 0.25) is 0 Å². The lowest BCUT2D eigenvalue weighted by Crippen LogP contribution is -1.92. The molecule has 19 heavy (non-hydrogen) atoms. The Bertz CT molecular complexity index is 701. The topological polar surface area (TPSA) is 42.6 Å². The van der Waals surface area contributed by atoms with E-state index in [0.29, 0.717) is 22.5 Å². The van der Waals surface area contributed by atoms with Gasteiger partial charge in [0.05, 0.1) is 5.39 Å². The molecule has 0 spiro atoms. The molecule has 3 nitrogen and oxygen atoms in total. The fourth-order valence-corrected chi connectivity index (χ4v) is 1.85. The Balaban J connectivity index is 1.78. The smallest absolute Gasteiger partial charge is 0.146 e. The minimum atomic E-state index is -0.308. The fraction of sp³-hybridized carbons (Fsp3) is 0.0667. The number of hydrogen-bond acceptors (Lipinski definition) is 3. The molecule has 1 heterocycles. The second-order valence-corrected chi connectivity index (χ2v) is 4.15. The maximum atomic E-state index is 13.5. The molecule has 0 radical (unpaired) electrons. The molecule has 2 aromatic carbocycles. The largest absolute Gasteiger partial charge is 0.508 e. The zero-order chi connectivity index (χ0) is 13.2. The number of halogens is 1. The minimum absolute atomic E-state index is 0.179. The zero-order valence-electron chi connectivity index (χ0n) is 9.97. The molecule has 0 saturated carbocycles. The van der Waals surface area contributed by atoms with Crippen LogP contribution >= 0.6 is 0 Å². The number of furan rings is 1. The van der Waals surface area contributed by atoms with E-state index in [0.717, 1.165) is 0 Å². The number of phenols is 1. The maximum absolute atomic E-state index is 13.5. The van der Waals surface area contributed by atoms with Gasteiger partial charge >= 0.3 is 0 Å². The second-order valence-electron chi connectivity index (χ2n) is 4.15. The van der Waals surface area contributed by atoms with Gasteiger partial charge in [0, 0.05) is 0 Å². The summed E-state index contributed by atoms with van der Waals surface area (Å²) in [4.78, 5) is 0. The summed E-state index contributed by atoms with van der Waals surface area (Å²) in [5.74, 6) is 1.03. The quantitative estimate of drug-likeness (QED) is 0.775. The molecule has 0 amide bonds. The van der Waals surface area contributed by atoms with E-state index >= 15 is 0 Å². The van der Waals surface area contributed by atoms with E-state index in [2.05, 4.69) is 0 Å². The van der Waals surface area contributed by atoms with Gasteiger partial charge in [0.1, 0.15) is 35.3 Å². The predicted octanol–water partition coefficient (Wildman–Crippen LogP) is 3.86. The summed E-state index contributed by atoms with van der Waals surface area (Å²) in [7, 11) is 0. The third kappa shape index (κ3) is 2.38. The molecule has 96 valence electrons. The molecule has 3 aromatic rings. The van der Waals surface area contributed by atoms with Gasteiger partial charge in [-0.2, -0.15) is 0 Å². The van der Waals surface area contributed by atoms with Crippen molar-refractivity contribution in [3.05, 3.63) is 60.1 Å². The van der Waals surface area contributed by atoms with Crippen molar-refractivity contribution in [2.75, 3.05) is 0 Å². The molecule has 1 N–H and O–H groups in total. The number of hydrogen-bond donors (Lipinski definition) is 1. The van der Waals surface area contributed by atoms with Crippen molar-refractivity contribution < 1.29 is 18.7 Å². The van der Waals surface area contributed by atoms with Gasteiger partial charge < -0.3 is 14.3 Å². The molecule has 0 bridgehead atoms. The normalized spacial score (nSPS) is 10.8. The van der Waals surface area contributed by atoms with Gasteiger partial charge in [-0.25, -0.2) is 4.39 Å². The summed E-state index contributed by atoms with van der Waals surface area (Å²) in [5, 5.41) is 9.60. The molecular weight excluding hydrogens is 247 g/mol. The summed E-state index contributed by atoms with van der Waals surface area (Å²) < 4.78 is 24.4. The third-order valence-electron chi connectivity index (χ3n) is 2.78. The van der Waals surface area contributed by atoms with Crippen molar-refractivity contribution in [3.8, 4) is 11.5 Å². The van der Waals surface area contributed by atoms with Crippen LogP contribution in [0.15, 0.2) is 52.9 Å². The molecule has 1 aromatic heterocycles. The lowest BCUT2D eigenvalue weighted by atomic mass is 10.2. The Morgan fingerprint density at radius 2 is 1.89 bits per heavy atom. The van der Waals surface area contributed by atoms with Crippen LogP contribution in [0.1, 0.15) is 5.76 Å². The Kier molecular flexibility index (Phi) is 2.83. The molecule has 0 fully saturated rings. The molecule has 4 heteroatoms. The molecule has 0 unspecified atom stereocenters. The summed E-state index contributed by atoms with van der Waals surface area (Å²) in [6.45, 7) is 0.207. The lowest BCUT2D eigenvalue weighted by molar-refractivity contribution is 0.274. The number of aromatic hydroxyl groups is 1.